The maximum atomic E-state index is 12.5. The number of halogens is 1. The lowest BCUT2D eigenvalue weighted by Gasteiger charge is -2.07. The molecule has 1 saturated carbocycles. The molecule has 0 aromatic heterocycles. The Morgan fingerprint density at radius 2 is 1.95 bits per heavy atom. The molecule has 0 aliphatic heterocycles. The van der Waals surface area contributed by atoms with Gasteiger partial charge in [0.2, 0.25) is 0 Å². The second kappa shape index (κ2) is 5.29. The van der Waals surface area contributed by atoms with Crippen LogP contribution < -0.4 is 10.5 Å². The lowest BCUT2D eigenvalue weighted by atomic mass is 10.0. The molecular weight excluding hydrogens is 318 g/mol. The van der Waals surface area contributed by atoms with Gasteiger partial charge in [-0.15, -0.1) is 0 Å². The van der Waals surface area contributed by atoms with E-state index in [0.717, 1.165) is 23.1 Å². The first kappa shape index (κ1) is 13.2. The molecule has 2 N–H and O–H groups in total. The average Bonchev–Trinajstić information content (AvgIpc) is 3.21. The van der Waals surface area contributed by atoms with Gasteiger partial charge in [0.15, 0.2) is 5.78 Å². The summed E-state index contributed by atoms with van der Waals surface area (Å²) in [6, 6.07) is 12.5. The van der Waals surface area contributed by atoms with Crippen molar-refractivity contribution >= 4 is 27.4 Å². The number of hydrogen-bond donors (Lipinski definition) is 1. The van der Waals surface area contributed by atoms with E-state index in [-0.39, 0.29) is 5.78 Å². The van der Waals surface area contributed by atoms with Crippen molar-refractivity contribution in [3.8, 4) is 5.75 Å². The summed E-state index contributed by atoms with van der Waals surface area (Å²) in [6.45, 7) is 0. The zero-order valence-electron chi connectivity index (χ0n) is 10.8. The first-order valence-electron chi connectivity index (χ1n) is 6.49. The molecule has 0 amide bonds. The normalized spacial score (nSPS) is 14.1. The van der Waals surface area contributed by atoms with Gasteiger partial charge in [0, 0.05) is 21.3 Å². The number of ether oxygens (including phenoxy) is 1. The molecule has 0 unspecified atom stereocenters. The van der Waals surface area contributed by atoms with Crippen molar-refractivity contribution in [3.63, 3.8) is 0 Å². The SMILES string of the molecule is Nc1cc(Br)cc(C(=O)c2cccc(OC3CC3)c2)c1. The van der Waals surface area contributed by atoms with Crippen molar-refractivity contribution < 1.29 is 9.53 Å². The van der Waals surface area contributed by atoms with E-state index in [1.165, 1.54) is 0 Å². The number of rotatable bonds is 4. The quantitative estimate of drug-likeness (QED) is 0.684. The molecule has 0 radical (unpaired) electrons. The number of hydrogen-bond acceptors (Lipinski definition) is 3. The van der Waals surface area contributed by atoms with Crippen LogP contribution in [0, 0.1) is 0 Å². The van der Waals surface area contributed by atoms with Crippen LogP contribution in [0.1, 0.15) is 28.8 Å². The monoisotopic (exact) mass is 331 g/mol. The van der Waals surface area contributed by atoms with Crippen molar-refractivity contribution in [1.29, 1.82) is 0 Å². The fraction of sp³-hybridized carbons (Fsp3) is 0.188. The van der Waals surface area contributed by atoms with E-state index in [9.17, 15) is 4.79 Å². The molecule has 4 heteroatoms. The van der Waals surface area contributed by atoms with Gasteiger partial charge in [0.1, 0.15) is 5.75 Å². The topological polar surface area (TPSA) is 52.3 Å². The molecule has 0 heterocycles. The van der Waals surface area contributed by atoms with Crippen LogP contribution in [0.5, 0.6) is 5.75 Å². The summed E-state index contributed by atoms with van der Waals surface area (Å²) in [5.74, 6) is 0.695. The summed E-state index contributed by atoms with van der Waals surface area (Å²) in [4.78, 5) is 12.5. The minimum absolute atomic E-state index is 0.0563. The number of ketones is 1. The molecule has 1 aliphatic rings. The van der Waals surface area contributed by atoms with Crippen LogP contribution in [0.25, 0.3) is 0 Å². The maximum Gasteiger partial charge on any atom is 0.193 e. The minimum Gasteiger partial charge on any atom is -0.490 e. The first-order chi connectivity index (χ1) is 9.61. The molecule has 3 rings (SSSR count). The summed E-state index contributed by atoms with van der Waals surface area (Å²) in [5, 5.41) is 0. The fourth-order valence-corrected chi connectivity index (χ4v) is 2.51. The van der Waals surface area contributed by atoms with Gasteiger partial charge in [-0.05, 0) is 43.2 Å². The Morgan fingerprint density at radius 3 is 2.65 bits per heavy atom. The third-order valence-electron chi connectivity index (χ3n) is 3.11. The number of carbonyl (C=O) groups is 1. The molecule has 0 bridgehead atoms. The standard InChI is InChI=1S/C16H14BrNO2/c17-12-6-11(7-13(18)9-12)16(19)10-2-1-3-15(8-10)20-14-4-5-14/h1-3,6-9,14H,4-5,18H2. The van der Waals surface area contributed by atoms with Crippen molar-refractivity contribution in [2.24, 2.45) is 0 Å². The van der Waals surface area contributed by atoms with E-state index >= 15 is 0 Å². The molecule has 0 saturated heterocycles. The average molecular weight is 332 g/mol. The largest absolute Gasteiger partial charge is 0.490 e. The molecule has 1 fully saturated rings. The highest BCUT2D eigenvalue weighted by molar-refractivity contribution is 9.10. The Kier molecular flexibility index (Phi) is 3.49. The lowest BCUT2D eigenvalue weighted by Crippen LogP contribution is -2.03. The molecule has 1 aliphatic carbocycles. The molecule has 20 heavy (non-hydrogen) atoms. The Balaban J connectivity index is 1.88. The van der Waals surface area contributed by atoms with Crippen LogP contribution in [-0.4, -0.2) is 11.9 Å². The van der Waals surface area contributed by atoms with Gasteiger partial charge >= 0.3 is 0 Å². The highest BCUT2D eigenvalue weighted by Gasteiger charge is 2.23. The summed E-state index contributed by atoms with van der Waals surface area (Å²) in [7, 11) is 0. The molecule has 102 valence electrons. The highest BCUT2D eigenvalue weighted by atomic mass is 79.9. The van der Waals surface area contributed by atoms with Crippen molar-refractivity contribution in [2.45, 2.75) is 18.9 Å². The molecule has 2 aromatic carbocycles. The van der Waals surface area contributed by atoms with Gasteiger partial charge in [0.05, 0.1) is 6.10 Å². The number of nitrogen functional groups attached to an aromatic ring is 1. The Labute approximate surface area is 125 Å². The predicted octanol–water partition coefficient (Wildman–Crippen LogP) is 3.80. The van der Waals surface area contributed by atoms with E-state index < -0.39 is 0 Å². The number of anilines is 1. The van der Waals surface area contributed by atoms with Gasteiger partial charge in [0.25, 0.3) is 0 Å². The molecule has 0 atom stereocenters. The molecule has 3 nitrogen and oxygen atoms in total. The fourth-order valence-electron chi connectivity index (χ4n) is 2.00. The van der Waals surface area contributed by atoms with Crippen LogP contribution in [0.3, 0.4) is 0 Å². The van der Waals surface area contributed by atoms with Gasteiger partial charge < -0.3 is 10.5 Å². The number of carbonyl (C=O) groups excluding carboxylic acids is 1. The van der Waals surface area contributed by atoms with Gasteiger partial charge in [-0.1, -0.05) is 28.1 Å². The van der Waals surface area contributed by atoms with Crippen LogP contribution in [-0.2, 0) is 0 Å². The van der Waals surface area contributed by atoms with Crippen LogP contribution in [0.15, 0.2) is 46.9 Å². The van der Waals surface area contributed by atoms with E-state index in [2.05, 4.69) is 15.9 Å². The molecule has 0 spiro atoms. The second-order valence-electron chi connectivity index (χ2n) is 4.95. The van der Waals surface area contributed by atoms with Crippen molar-refractivity contribution in [3.05, 3.63) is 58.1 Å². The second-order valence-corrected chi connectivity index (χ2v) is 5.86. The smallest absolute Gasteiger partial charge is 0.193 e. The van der Waals surface area contributed by atoms with Crippen LogP contribution in [0.2, 0.25) is 0 Å². The van der Waals surface area contributed by atoms with E-state index in [1.54, 1.807) is 30.3 Å². The van der Waals surface area contributed by atoms with Gasteiger partial charge in [-0.25, -0.2) is 0 Å². The molecular formula is C16H14BrNO2. The highest BCUT2D eigenvalue weighted by Crippen LogP contribution is 2.28. The summed E-state index contributed by atoms with van der Waals surface area (Å²) in [6.07, 6.45) is 2.52. The third-order valence-corrected chi connectivity index (χ3v) is 3.56. The third kappa shape index (κ3) is 3.02. The van der Waals surface area contributed by atoms with Crippen LogP contribution in [0.4, 0.5) is 5.69 Å². The first-order valence-corrected chi connectivity index (χ1v) is 7.28. The van der Waals surface area contributed by atoms with E-state index in [4.69, 9.17) is 10.5 Å². The summed E-state index contributed by atoms with van der Waals surface area (Å²) >= 11 is 3.35. The Hall–Kier alpha value is -1.81. The van der Waals surface area contributed by atoms with E-state index in [0.29, 0.717) is 22.9 Å². The number of benzene rings is 2. The summed E-state index contributed by atoms with van der Waals surface area (Å²) in [5.41, 5.74) is 7.52. The van der Waals surface area contributed by atoms with Crippen molar-refractivity contribution in [2.75, 3.05) is 5.73 Å². The lowest BCUT2D eigenvalue weighted by molar-refractivity contribution is 0.103. The van der Waals surface area contributed by atoms with Gasteiger partial charge in [-0.3, -0.25) is 4.79 Å². The predicted molar refractivity (Wildman–Crippen MR) is 82.1 cm³/mol. The Bertz CT molecular complexity index is 645. The number of nitrogens with two attached hydrogens (primary N) is 1. The zero-order valence-corrected chi connectivity index (χ0v) is 12.4. The molecule has 2 aromatic rings. The van der Waals surface area contributed by atoms with Crippen molar-refractivity contribution in [1.82, 2.24) is 0 Å². The van der Waals surface area contributed by atoms with Gasteiger partial charge in [-0.2, -0.15) is 0 Å². The minimum atomic E-state index is -0.0563. The summed E-state index contributed by atoms with van der Waals surface area (Å²) < 4.78 is 6.51. The van der Waals surface area contributed by atoms with Crippen LogP contribution >= 0.6 is 15.9 Å². The van der Waals surface area contributed by atoms with E-state index in [1.807, 2.05) is 12.1 Å². The Morgan fingerprint density at radius 1 is 1.15 bits per heavy atom. The zero-order chi connectivity index (χ0) is 14.1. The maximum absolute atomic E-state index is 12.5.